The van der Waals surface area contributed by atoms with Crippen molar-refractivity contribution in [2.24, 2.45) is 5.73 Å². The Morgan fingerprint density at radius 2 is 1.82 bits per heavy atom. The Bertz CT molecular complexity index is 1540. The second kappa shape index (κ2) is 10.6. The lowest BCUT2D eigenvalue weighted by Crippen LogP contribution is -2.57. The number of anilines is 1. The highest BCUT2D eigenvalue weighted by Gasteiger charge is 2.48. The number of aliphatic hydroxyl groups excluding tert-OH is 1. The Morgan fingerprint density at radius 3 is 2.37 bits per heavy atom. The highest BCUT2D eigenvalue weighted by atomic mass is 35.5. The van der Waals surface area contributed by atoms with E-state index < -0.39 is 32.5 Å². The molecule has 1 saturated heterocycles. The van der Waals surface area contributed by atoms with Gasteiger partial charge in [-0.25, -0.2) is 0 Å². The molecule has 0 bridgehead atoms. The molecule has 0 aliphatic carbocycles. The highest BCUT2D eigenvalue weighted by molar-refractivity contribution is 7.91. The molecule has 4 rings (SSSR count). The van der Waals surface area contributed by atoms with Gasteiger partial charge in [0.15, 0.2) is 12.2 Å². The Balaban J connectivity index is 1.88. The van der Waals surface area contributed by atoms with E-state index in [9.17, 15) is 23.1 Å². The van der Waals surface area contributed by atoms with Gasteiger partial charge in [-0.2, -0.15) is 17.6 Å². The quantitative estimate of drug-likeness (QED) is 0.411. The number of benzene rings is 3. The van der Waals surface area contributed by atoms with Crippen LogP contribution in [0.15, 0.2) is 71.6 Å². The van der Waals surface area contributed by atoms with Crippen molar-refractivity contribution < 1.29 is 23.1 Å². The third kappa shape index (κ3) is 5.01. The van der Waals surface area contributed by atoms with Gasteiger partial charge in [0.2, 0.25) is 5.91 Å². The minimum atomic E-state index is -4.34. The monoisotopic (exact) mass is 553 g/mol. The molecule has 0 radical (unpaired) electrons. The lowest BCUT2D eigenvalue weighted by Gasteiger charge is -2.36. The molecule has 3 aromatic rings. The van der Waals surface area contributed by atoms with Crippen LogP contribution in [0.1, 0.15) is 23.1 Å². The van der Waals surface area contributed by atoms with Crippen LogP contribution < -0.4 is 14.5 Å². The minimum Gasteiger partial charge on any atom is -0.391 e. The fourth-order valence-electron chi connectivity index (χ4n) is 4.73. The van der Waals surface area contributed by atoms with Crippen molar-refractivity contribution in [1.29, 1.82) is 5.26 Å². The number of nitrogens with zero attached hydrogens (tertiary/aromatic N) is 3. The first-order valence-electron chi connectivity index (χ1n) is 11.7. The zero-order valence-electron chi connectivity index (χ0n) is 20.5. The molecule has 11 heteroatoms. The second-order valence-electron chi connectivity index (χ2n) is 9.20. The molecule has 1 aliphatic heterocycles. The summed E-state index contributed by atoms with van der Waals surface area (Å²) in [4.78, 5) is 26.0. The van der Waals surface area contributed by atoms with Gasteiger partial charge in [-0.3, -0.25) is 9.59 Å². The van der Waals surface area contributed by atoms with E-state index in [4.69, 9.17) is 22.6 Å². The molecule has 1 heterocycles. The van der Waals surface area contributed by atoms with E-state index in [0.29, 0.717) is 21.8 Å². The number of carbonyl (C=O) groups is 2. The van der Waals surface area contributed by atoms with E-state index in [1.165, 1.54) is 29.2 Å². The van der Waals surface area contributed by atoms with E-state index in [1.807, 2.05) is 6.07 Å². The van der Waals surface area contributed by atoms with Crippen molar-refractivity contribution in [3.63, 3.8) is 0 Å². The smallest absolute Gasteiger partial charge is 0.332 e. The van der Waals surface area contributed by atoms with Gasteiger partial charge < -0.3 is 15.7 Å². The number of carbonyl (C=O) groups excluding carboxylic acids is 2. The number of nitriles is 1. The third-order valence-electron chi connectivity index (χ3n) is 6.62. The molecule has 3 aromatic carbocycles. The number of nitrogens with two attached hydrogens (primary N) is 1. The zero-order chi connectivity index (χ0) is 27.7. The Kier molecular flexibility index (Phi) is 7.58. The van der Waals surface area contributed by atoms with Gasteiger partial charge in [0, 0.05) is 27.9 Å². The van der Waals surface area contributed by atoms with Gasteiger partial charge in [0.25, 0.3) is 5.91 Å². The minimum absolute atomic E-state index is 0.0389. The molecular formula is C27H26ClN4O5S+. The third-order valence-corrected chi connectivity index (χ3v) is 9.27. The standard InChI is InChI=1S/C27H25ClN4O5S/c1-18-24(28)3-2-4-25(18)32(17-26(30)34,38(36,37)23-11-7-19(14-29)8-12-23)16-20-5-9-21(10-6-20)31-15-22(33)13-27(31)35/h2-12,22,33H,13,15-17H2,1H3,(H-,30,34)/p+1. The fraction of sp³-hybridized carbons (Fsp3) is 0.222. The van der Waals surface area contributed by atoms with Gasteiger partial charge in [0.05, 0.1) is 30.7 Å². The van der Waals surface area contributed by atoms with Gasteiger partial charge in [-0.15, -0.1) is 0 Å². The van der Waals surface area contributed by atoms with Crippen LogP contribution in [-0.2, 0) is 26.2 Å². The first kappa shape index (κ1) is 27.3. The van der Waals surface area contributed by atoms with E-state index in [2.05, 4.69) is 0 Å². The molecule has 3 N–H and O–H groups in total. The molecule has 2 unspecified atom stereocenters. The van der Waals surface area contributed by atoms with Crippen LogP contribution >= 0.6 is 11.6 Å². The van der Waals surface area contributed by atoms with Crippen LogP contribution in [-0.4, -0.2) is 44.5 Å². The number of β-amino-alcohol motifs (C(OH)–C–C–N with tert-alkyl or cyclic N) is 1. The number of quaternary nitrogens is 1. The van der Waals surface area contributed by atoms with E-state index in [0.717, 1.165) is 0 Å². The second-order valence-corrected chi connectivity index (χ2v) is 11.7. The van der Waals surface area contributed by atoms with Crippen LogP contribution in [0.4, 0.5) is 11.4 Å². The lowest BCUT2D eigenvalue weighted by atomic mass is 10.1. The van der Waals surface area contributed by atoms with E-state index in [1.54, 1.807) is 49.4 Å². The molecule has 2 atom stereocenters. The van der Waals surface area contributed by atoms with Crippen molar-refractivity contribution >= 4 is 44.8 Å². The zero-order valence-corrected chi connectivity index (χ0v) is 22.1. The maximum Gasteiger partial charge on any atom is 0.332 e. The summed E-state index contributed by atoms with van der Waals surface area (Å²) in [6.07, 6.45) is -0.706. The average molecular weight is 554 g/mol. The Labute approximate surface area is 225 Å². The Hall–Kier alpha value is -3.75. The lowest BCUT2D eigenvalue weighted by molar-refractivity contribution is -0.118. The first-order valence-corrected chi connectivity index (χ1v) is 13.5. The summed E-state index contributed by atoms with van der Waals surface area (Å²) >= 11 is 6.40. The molecule has 9 nitrogen and oxygen atoms in total. The number of amides is 2. The number of sulfonamides is 1. The molecule has 2 amide bonds. The molecule has 38 heavy (non-hydrogen) atoms. The van der Waals surface area contributed by atoms with E-state index >= 15 is 0 Å². The number of hydrogen-bond donors (Lipinski definition) is 2. The van der Waals surface area contributed by atoms with Crippen molar-refractivity contribution in [1.82, 2.24) is 3.89 Å². The van der Waals surface area contributed by atoms with Crippen molar-refractivity contribution in [2.45, 2.75) is 30.9 Å². The largest absolute Gasteiger partial charge is 0.391 e. The topological polar surface area (TPSA) is 142 Å². The van der Waals surface area contributed by atoms with Gasteiger partial charge in [-0.1, -0.05) is 29.8 Å². The summed E-state index contributed by atoms with van der Waals surface area (Å²) in [7, 11) is -4.34. The van der Waals surface area contributed by atoms with Gasteiger partial charge in [-0.05, 0) is 49.4 Å². The molecule has 0 saturated carbocycles. The molecular weight excluding hydrogens is 528 g/mol. The number of halogens is 1. The van der Waals surface area contributed by atoms with Crippen LogP contribution in [0.5, 0.6) is 0 Å². The van der Waals surface area contributed by atoms with Crippen LogP contribution in [0, 0.1) is 18.3 Å². The summed E-state index contributed by atoms with van der Waals surface area (Å²) in [5, 5.41) is 19.3. The number of hydrogen-bond acceptors (Lipinski definition) is 6. The normalized spacial score (nSPS) is 17.2. The highest BCUT2D eigenvalue weighted by Crippen LogP contribution is 2.39. The summed E-state index contributed by atoms with van der Waals surface area (Å²) in [5.41, 5.74) is 7.81. The van der Waals surface area contributed by atoms with Crippen LogP contribution in [0.3, 0.4) is 0 Å². The van der Waals surface area contributed by atoms with Gasteiger partial charge in [0.1, 0.15) is 11.4 Å². The molecule has 1 aliphatic rings. The summed E-state index contributed by atoms with van der Waals surface area (Å²) in [6, 6.07) is 18.9. The molecule has 0 aromatic heterocycles. The van der Waals surface area contributed by atoms with Gasteiger partial charge >= 0.3 is 10.0 Å². The predicted octanol–water partition coefficient (Wildman–Crippen LogP) is 3.00. The predicted molar refractivity (Wildman–Crippen MR) is 144 cm³/mol. The van der Waals surface area contributed by atoms with Crippen LogP contribution in [0.25, 0.3) is 0 Å². The van der Waals surface area contributed by atoms with Crippen molar-refractivity contribution in [2.75, 3.05) is 18.0 Å². The number of aliphatic hydroxyl groups is 1. The van der Waals surface area contributed by atoms with Crippen molar-refractivity contribution in [3.05, 3.63) is 88.4 Å². The van der Waals surface area contributed by atoms with E-state index in [-0.39, 0.29) is 41.6 Å². The first-order chi connectivity index (χ1) is 18.0. The van der Waals surface area contributed by atoms with Crippen molar-refractivity contribution in [3.8, 4) is 6.07 Å². The molecule has 196 valence electrons. The summed E-state index contributed by atoms with van der Waals surface area (Å²) < 4.78 is 27.9. The summed E-state index contributed by atoms with van der Waals surface area (Å²) in [6.45, 7) is 1.09. The summed E-state index contributed by atoms with van der Waals surface area (Å²) in [5.74, 6) is -1.04. The SMILES string of the molecule is Cc1c(Cl)cccc1[N+](CC(N)=O)(Cc1ccc(N2CC(O)CC2=O)cc1)S(=O)(=O)c1ccc(C#N)cc1. The van der Waals surface area contributed by atoms with Crippen LogP contribution in [0.2, 0.25) is 5.02 Å². The number of primary amides is 1. The maximum atomic E-state index is 14.4. The molecule has 1 fully saturated rings. The molecule has 0 spiro atoms. The average Bonchev–Trinajstić information content (AvgIpc) is 3.23. The Morgan fingerprint density at radius 1 is 1.16 bits per heavy atom. The maximum absolute atomic E-state index is 14.4. The fourth-order valence-corrected chi connectivity index (χ4v) is 6.86. The number of rotatable bonds is 8.